The van der Waals surface area contributed by atoms with Crippen molar-refractivity contribution in [2.45, 2.75) is 239 Å². The molecule has 0 bridgehead atoms. The van der Waals surface area contributed by atoms with E-state index in [0.717, 1.165) is 89.9 Å². The largest absolute Gasteiger partial charge is 0.462 e. The molecule has 0 spiro atoms. The summed E-state index contributed by atoms with van der Waals surface area (Å²) in [6.07, 6.45) is 64.3. The van der Waals surface area contributed by atoms with Gasteiger partial charge >= 0.3 is 17.9 Å². The van der Waals surface area contributed by atoms with Crippen LogP contribution in [0.5, 0.6) is 0 Å². The second kappa shape index (κ2) is 50.2. The molecule has 0 radical (unpaired) electrons. The first-order valence-corrected chi connectivity index (χ1v) is 25.6. The number of hydrogen-bond acceptors (Lipinski definition) is 6. The number of esters is 3. The van der Waals surface area contributed by atoms with Gasteiger partial charge in [-0.1, -0.05) is 196 Å². The van der Waals surface area contributed by atoms with Gasteiger partial charge in [0.25, 0.3) is 0 Å². The average Bonchev–Trinajstić information content (AvgIpc) is 3.27. The minimum absolute atomic E-state index is 0.109. The summed E-state index contributed by atoms with van der Waals surface area (Å²) in [5, 5.41) is 0. The van der Waals surface area contributed by atoms with E-state index in [1.807, 2.05) is 0 Å². The molecule has 0 aromatic heterocycles. The predicted octanol–water partition coefficient (Wildman–Crippen LogP) is 16.8. The lowest BCUT2D eigenvalue weighted by Gasteiger charge is -2.18. The van der Waals surface area contributed by atoms with Gasteiger partial charge in [0.05, 0.1) is 0 Å². The Kier molecular flexibility index (Phi) is 47.5. The van der Waals surface area contributed by atoms with E-state index in [2.05, 4.69) is 106 Å². The fourth-order valence-corrected chi connectivity index (χ4v) is 6.70. The van der Waals surface area contributed by atoms with Crippen LogP contribution in [-0.4, -0.2) is 37.2 Å². The molecule has 1 unspecified atom stereocenters. The van der Waals surface area contributed by atoms with Crippen molar-refractivity contribution in [2.75, 3.05) is 13.2 Å². The van der Waals surface area contributed by atoms with Crippen LogP contribution in [0.2, 0.25) is 0 Å². The SMILES string of the molecule is CCCC/C=C\CCCCCCCC(=O)OCC(COC(=O)CCC/C=C\C/C=C\C/C=C\C/C=C\CCCCC)OC(=O)CCCCC/C=C\C=C/CCCCCCCCC. The van der Waals surface area contributed by atoms with E-state index in [-0.39, 0.29) is 44.0 Å². The third-order valence-corrected chi connectivity index (χ3v) is 10.6. The highest BCUT2D eigenvalue weighted by Crippen LogP contribution is 2.12. The molecule has 0 fully saturated rings. The van der Waals surface area contributed by atoms with E-state index in [0.29, 0.717) is 12.8 Å². The summed E-state index contributed by atoms with van der Waals surface area (Å²) in [5.74, 6) is -1.01. The molecule has 0 N–H and O–H groups in total. The van der Waals surface area contributed by atoms with Crippen LogP contribution in [0.1, 0.15) is 233 Å². The summed E-state index contributed by atoms with van der Waals surface area (Å²) in [5.41, 5.74) is 0. The van der Waals surface area contributed by atoms with Crippen LogP contribution >= 0.6 is 0 Å². The standard InChI is InChI=1S/C56H94O6/c1-4-7-10-13-16-19-22-24-26-28-30-31-34-37-40-43-46-49-55(58)61-52-53(51-60-54(57)48-45-42-39-36-33-21-18-15-12-9-6-3)62-56(59)50-47-44-41-38-35-32-29-27-25-23-20-17-14-11-8-5-2/h15-16,18-19,24,26-27,29-32,35,37,40,53H,4-14,17,20-23,25,28,33-34,36,38-39,41-52H2,1-3H3/b18-15-,19-16-,26-24-,29-27-,31-30-,35-32-,40-37-. The molecule has 62 heavy (non-hydrogen) atoms. The molecule has 354 valence electrons. The summed E-state index contributed by atoms with van der Waals surface area (Å²) >= 11 is 0. The quantitative estimate of drug-likeness (QED) is 0.0199. The van der Waals surface area contributed by atoms with Crippen molar-refractivity contribution in [1.82, 2.24) is 0 Å². The van der Waals surface area contributed by atoms with Crippen molar-refractivity contribution >= 4 is 17.9 Å². The molecule has 0 aliphatic carbocycles. The lowest BCUT2D eigenvalue weighted by Crippen LogP contribution is -2.30. The van der Waals surface area contributed by atoms with Gasteiger partial charge < -0.3 is 14.2 Å². The van der Waals surface area contributed by atoms with Crippen molar-refractivity contribution in [3.05, 3.63) is 85.1 Å². The Balaban J connectivity index is 4.52. The third kappa shape index (κ3) is 47.6. The highest BCUT2D eigenvalue weighted by molar-refractivity contribution is 5.71. The van der Waals surface area contributed by atoms with Crippen LogP contribution in [0.25, 0.3) is 0 Å². The van der Waals surface area contributed by atoms with Gasteiger partial charge in [0.15, 0.2) is 6.10 Å². The van der Waals surface area contributed by atoms with E-state index in [1.165, 1.54) is 96.3 Å². The maximum Gasteiger partial charge on any atom is 0.306 e. The van der Waals surface area contributed by atoms with Crippen LogP contribution in [0.15, 0.2) is 85.1 Å². The summed E-state index contributed by atoms with van der Waals surface area (Å²) in [4.78, 5) is 37.9. The maximum absolute atomic E-state index is 12.8. The topological polar surface area (TPSA) is 78.9 Å². The molecule has 0 heterocycles. The van der Waals surface area contributed by atoms with Crippen molar-refractivity contribution < 1.29 is 28.6 Å². The zero-order valence-electron chi connectivity index (χ0n) is 40.4. The molecule has 0 saturated heterocycles. The predicted molar refractivity (Wildman–Crippen MR) is 265 cm³/mol. The molecule has 0 rings (SSSR count). The van der Waals surface area contributed by atoms with E-state index < -0.39 is 6.10 Å². The molecule has 0 aliphatic heterocycles. The molecule has 1 atom stereocenters. The Labute approximate surface area is 382 Å². The summed E-state index contributed by atoms with van der Waals surface area (Å²) in [7, 11) is 0. The van der Waals surface area contributed by atoms with Gasteiger partial charge in [-0.25, -0.2) is 0 Å². The van der Waals surface area contributed by atoms with E-state index >= 15 is 0 Å². The lowest BCUT2D eigenvalue weighted by atomic mass is 10.1. The minimum Gasteiger partial charge on any atom is -0.462 e. The number of ether oxygens (including phenoxy) is 3. The maximum atomic E-state index is 12.8. The zero-order valence-corrected chi connectivity index (χ0v) is 40.4. The molecule has 0 amide bonds. The second-order valence-corrected chi connectivity index (χ2v) is 16.7. The van der Waals surface area contributed by atoms with Crippen LogP contribution < -0.4 is 0 Å². The molecule has 0 saturated carbocycles. The minimum atomic E-state index is -0.815. The van der Waals surface area contributed by atoms with Crippen LogP contribution in [0.4, 0.5) is 0 Å². The van der Waals surface area contributed by atoms with E-state index in [4.69, 9.17) is 14.2 Å². The van der Waals surface area contributed by atoms with Gasteiger partial charge in [-0.3, -0.25) is 14.4 Å². The number of rotatable bonds is 45. The molecule has 6 nitrogen and oxygen atoms in total. The van der Waals surface area contributed by atoms with Gasteiger partial charge in [0.2, 0.25) is 0 Å². The number of hydrogen-bond donors (Lipinski definition) is 0. The normalized spacial score (nSPS) is 12.8. The fourth-order valence-electron chi connectivity index (χ4n) is 6.70. The lowest BCUT2D eigenvalue weighted by molar-refractivity contribution is -0.167. The Morgan fingerprint density at radius 3 is 1.18 bits per heavy atom. The van der Waals surface area contributed by atoms with Gasteiger partial charge in [-0.2, -0.15) is 0 Å². The first-order valence-electron chi connectivity index (χ1n) is 25.6. The second-order valence-electron chi connectivity index (χ2n) is 16.7. The number of carbonyl (C=O) groups excluding carboxylic acids is 3. The summed E-state index contributed by atoms with van der Waals surface area (Å²) < 4.78 is 16.7. The first-order chi connectivity index (χ1) is 30.5. The monoisotopic (exact) mass is 863 g/mol. The Hall–Kier alpha value is -3.41. The third-order valence-electron chi connectivity index (χ3n) is 10.6. The molecule has 0 aliphatic rings. The van der Waals surface area contributed by atoms with Crippen LogP contribution in [0.3, 0.4) is 0 Å². The van der Waals surface area contributed by atoms with Gasteiger partial charge in [-0.05, 0) is 103 Å². The van der Waals surface area contributed by atoms with Crippen molar-refractivity contribution in [3.63, 3.8) is 0 Å². The molecular weight excluding hydrogens is 769 g/mol. The highest BCUT2D eigenvalue weighted by Gasteiger charge is 2.19. The highest BCUT2D eigenvalue weighted by atomic mass is 16.6. The van der Waals surface area contributed by atoms with Gasteiger partial charge in [0, 0.05) is 19.3 Å². The zero-order chi connectivity index (χ0) is 45.1. The summed E-state index contributed by atoms with van der Waals surface area (Å²) in [6, 6.07) is 0. The van der Waals surface area contributed by atoms with Crippen molar-refractivity contribution in [1.29, 1.82) is 0 Å². The van der Waals surface area contributed by atoms with Crippen LogP contribution in [-0.2, 0) is 28.6 Å². The summed E-state index contributed by atoms with van der Waals surface area (Å²) in [6.45, 7) is 6.48. The van der Waals surface area contributed by atoms with Gasteiger partial charge in [-0.15, -0.1) is 0 Å². The Morgan fingerprint density at radius 2 is 0.661 bits per heavy atom. The average molecular weight is 863 g/mol. The van der Waals surface area contributed by atoms with Crippen molar-refractivity contribution in [3.8, 4) is 0 Å². The van der Waals surface area contributed by atoms with Crippen molar-refractivity contribution in [2.24, 2.45) is 0 Å². The Morgan fingerprint density at radius 1 is 0.339 bits per heavy atom. The fraction of sp³-hybridized carbons (Fsp3) is 0.696. The molecular formula is C56H94O6. The molecule has 0 aromatic rings. The molecule has 0 aromatic carbocycles. The smallest absolute Gasteiger partial charge is 0.306 e. The van der Waals surface area contributed by atoms with E-state index in [9.17, 15) is 14.4 Å². The molecule has 6 heteroatoms. The van der Waals surface area contributed by atoms with Gasteiger partial charge in [0.1, 0.15) is 13.2 Å². The van der Waals surface area contributed by atoms with Crippen LogP contribution in [0, 0.1) is 0 Å². The number of unbranched alkanes of at least 4 members (excludes halogenated alkanes) is 21. The number of allylic oxidation sites excluding steroid dienone is 14. The first kappa shape index (κ1) is 58.6. The van der Waals surface area contributed by atoms with E-state index in [1.54, 1.807) is 0 Å². The Bertz CT molecular complexity index is 1220. The number of carbonyl (C=O) groups is 3.